The molecule has 0 bridgehead atoms. The van der Waals surface area contributed by atoms with Crippen molar-refractivity contribution < 1.29 is 9.53 Å². The lowest BCUT2D eigenvalue weighted by Gasteiger charge is -2.37. The Kier molecular flexibility index (Phi) is 7.06. The predicted molar refractivity (Wildman–Crippen MR) is 132 cm³/mol. The molecule has 5 rings (SSSR count). The number of ether oxygens (including phenoxy) is 1. The maximum atomic E-state index is 13.0. The largest absolute Gasteiger partial charge is 0.377 e. The lowest BCUT2D eigenvalue weighted by Crippen LogP contribution is -2.48. The zero-order valence-corrected chi connectivity index (χ0v) is 20.5. The summed E-state index contributed by atoms with van der Waals surface area (Å²) in [5, 5.41) is 6.20. The number of nitrogens with zero attached hydrogens (tertiary/aromatic N) is 4. The van der Waals surface area contributed by atoms with Crippen molar-refractivity contribution in [1.29, 1.82) is 0 Å². The van der Waals surface area contributed by atoms with Gasteiger partial charge in [-0.15, -0.1) is 0 Å². The Bertz CT molecular complexity index is 1060. The predicted octanol–water partition coefficient (Wildman–Crippen LogP) is 0.676. The summed E-state index contributed by atoms with van der Waals surface area (Å²) in [7, 11) is 3.82. The normalized spacial score (nSPS) is 26.5. The van der Waals surface area contributed by atoms with E-state index in [1.54, 1.807) is 16.2 Å². The third-order valence-corrected chi connectivity index (χ3v) is 7.86. The van der Waals surface area contributed by atoms with Crippen molar-refractivity contribution in [2.24, 2.45) is 7.05 Å². The Morgan fingerprint density at radius 3 is 2.59 bits per heavy atom. The van der Waals surface area contributed by atoms with Crippen molar-refractivity contribution in [3.63, 3.8) is 0 Å². The molecule has 2 aromatic rings. The number of carbonyl (C=O) groups excluding carboxylic acids is 1. The number of hydrogen-bond acceptors (Lipinski definition) is 6. The fraction of sp³-hybridized carbons (Fsp3) is 0.680. The molecule has 1 atom stereocenters. The van der Waals surface area contributed by atoms with Crippen LogP contribution in [-0.2, 0) is 23.1 Å². The summed E-state index contributed by atoms with van der Waals surface area (Å²) < 4.78 is 9.36. The Labute approximate surface area is 201 Å². The van der Waals surface area contributed by atoms with Gasteiger partial charge in [0.2, 0.25) is 5.91 Å². The summed E-state index contributed by atoms with van der Waals surface area (Å²) in [5.74, 6) is -0.0527. The van der Waals surface area contributed by atoms with Crippen molar-refractivity contribution in [3.8, 4) is 0 Å². The number of aryl methyl sites for hydroxylation is 1. The molecule has 1 amide bonds. The number of carbonyl (C=O) groups is 1. The Hall–Kier alpha value is -2.20. The second kappa shape index (κ2) is 10.2. The highest BCUT2D eigenvalue weighted by molar-refractivity contribution is 5.84. The lowest BCUT2D eigenvalue weighted by atomic mass is 9.89. The van der Waals surface area contributed by atoms with Gasteiger partial charge in [0.15, 0.2) is 0 Å². The standard InChI is InChI=1S/C25H38N6O3/c1-26-19-15-20(16-19)34-13-12-29-8-10-30(11-9-29)17-18-5-6-21-23(14-18)28(2)25(33)31(21)22-4-3-7-27-24(22)32/h5-6,14,19-20,22,26H,3-4,7-13,15-17H2,1-2H3,(H,27,32). The zero-order chi connectivity index (χ0) is 23.7. The Balaban J connectivity index is 1.16. The van der Waals surface area contributed by atoms with E-state index in [2.05, 4.69) is 32.6 Å². The van der Waals surface area contributed by atoms with Crippen LogP contribution in [0.2, 0.25) is 0 Å². The van der Waals surface area contributed by atoms with Crippen LogP contribution in [0.4, 0.5) is 0 Å². The zero-order valence-electron chi connectivity index (χ0n) is 20.5. The molecule has 1 aromatic heterocycles. The fourth-order valence-electron chi connectivity index (χ4n) is 5.53. The maximum absolute atomic E-state index is 13.0. The van der Waals surface area contributed by atoms with E-state index < -0.39 is 6.04 Å². The Morgan fingerprint density at radius 2 is 1.85 bits per heavy atom. The molecule has 3 fully saturated rings. The highest BCUT2D eigenvalue weighted by Crippen LogP contribution is 2.24. The molecule has 1 aliphatic carbocycles. The first-order valence-corrected chi connectivity index (χ1v) is 12.7. The van der Waals surface area contributed by atoms with Gasteiger partial charge in [-0.1, -0.05) is 6.07 Å². The molecule has 9 heteroatoms. The van der Waals surface area contributed by atoms with Gasteiger partial charge in [0.1, 0.15) is 6.04 Å². The summed E-state index contributed by atoms with van der Waals surface area (Å²) in [5.41, 5.74) is 2.83. The van der Waals surface area contributed by atoms with E-state index in [0.717, 1.165) is 76.2 Å². The van der Waals surface area contributed by atoms with Gasteiger partial charge >= 0.3 is 5.69 Å². The average Bonchev–Trinajstić information content (AvgIpc) is 3.06. The summed E-state index contributed by atoms with van der Waals surface area (Å²) >= 11 is 0. The van der Waals surface area contributed by atoms with Crippen molar-refractivity contribution in [1.82, 2.24) is 29.6 Å². The average molecular weight is 471 g/mol. The minimum Gasteiger partial charge on any atom is -0.377 e. The maximum Gasteiger partial charge on any atom is 0.329 e. The molecular weight excluding hydrogens is 432 g/mol. The molecular formula is C25H38N6O3. The highest BCUT2D eigenvalue weighted by atomic mass is 16.5. The van der Waals surface area contributed by atoms with Crippen LogP contribution in [0.5, 0.6) is 0 Å². The molecule has 1 unspecified atom stereocenters. The van der Waals surface area contributed by atoms with E-state index in [4.69, 9.17) is 4.74 Å². The molecule has 2 saturated heterocycles. The van der Waals surface area contributed by atoms with Crippen molar-refractivity contribution in [3.05, 3.63) is 34.2 Å². The number of amides is 1. The van der Waals surface area contributed by atoms with Crippen LogP contribution in [0.3, 0.4) is 0 Å². The Morgan fingerprint density at radius 1 is 1.09 bits per heavy atom. The summed E-state index contributed by atoms with van der Waals surface area (Å²) in [6.07, 6.45) is 4.31. The van der Waals surface area contributed by atoms with Gasteiger partial charge in [-0.05, 0) is 50.4 Å². The molecule has 2 aliphatic heterocycles. The molecule has 0 radical (unpaired) electrons. The van der Waals surface area contributed by atoms with Crippen LogP contribution in [-0.4, -0.2) is 89.9 Å². The second-order valence-electron chi connectivity index (χ2n) is 10.1. The van der Waals surface area contributed by atoms with E-state index in [9.17, 15) is 9.59 Å². The number of nitrogens with one attached hydrogen (secondary N) is 2. The van der Waals surface area contributed by atoms with Crippen LogP contribution in [0.15, 0.2) is 23.0 Å². The van der Waals surface area contributed by atoms with Crippen molar-refractivity contribution >= 4 is 16.9 Å². The van der Waals surface area contributed by atoms with Crippen LogP contribution in [0.25, 0.3) is 11.0 Å². The number of piperidine rings is 1. The van der Waals surface area contributed by atoms with Crippen LogP contribution < -0.4 is 16.3 Å². The minimum atomic E-state index is -0.415. The van der Waals surface area contributed by atoms with Crippen LogP contribution in [0, 0.1) is 0 Å². The smallest absolute Gasteiger partial charge is 0.329 e. The van der Waals surface area contributed by atoms with E-state index in [0.29, 0.717) is 25.1 Å². The first kappa shape index (κ1) is 23.5. The number of benzene rings is 1. The summed E-state index contributed by atoms with van der Waals surface area (Å²) in [6, 6.07) is 6.46. The van der Waals surface area contributed by atoms with Crippen molar-refractivity contribution in [2.75, 3.05) is 52.9 Å². The molecule has 186 valence electrons. The van der Waals surface area contributed by atoms with E-state index in [1.165, 1.54) is 5.56 Å². The van der Waals surface area contributed by atoms with Crippen LogP contribution in [0.1, 0.15) is 37.3 Å². The lowest BCUT2D eigenvalue weighted by molar-refractivity contribution is -0.125. The SMILES string of the molecule is CNC1CC(OCCN2CCN(Cc3ccc4c(c3)n(C)c(=O)n4C3CCCNC3=O)CC2)C1. The van der Waals surface area contributed by atoms with E-state index in [1.807, 2.05) is 13.1 Å². The van der Waals surface area contributed by atoms with Gasteiger partial charge in [0.05, 0.1) is 23.7 Å². The van der Waals surface area contributed by atoms with Gasteiger partial charge in [0, 0.05) is 58.9 Å². The van der Waals surface area contributed by atoms with Gasteiger partial charge < -0.3 is 15.4 Å². The van der Waals surface area contributed by atoms with Crippen LogP contribution >= 0.6 is 0 Å². The third kappa shape index (κ3) is 4.79. The summed E-state index contributed by atoms with van der Waals surface area (Å²) in [4.78, 5) is 30.3. The molecule has 3 heterocycles. The van der Waals surface area contributed by atoms with Gasteiger partial charge in [-0.25, -0.2) is 4.79 Å². The number of hydrogen-bond donors (Lipinski definition) is 2. The molecule has 2 N–H and O–H groups in total. The number of imidazole rings is 1. The molecule has 9 nitrogen and oxygen atoms in total. The van der Waals surface area contributed by atoms with Gasteiger partial charge in [-0.3, -0.25) is 23.7 Å². The monoisotopic (exact) mass is 470 g/mol. The van der Waals surface area contributed by atoms with Gasteiger partial charge in [-0.2, -0.15) is 0 Å². The molecule has 0 spiro atoms. The minimum absolute atomic E-state index is 0.0527. The van der Waals surface area contributed by atoms with E-state index >= 15 is 0 Å². The molecule has 3 aliphatic rings. The topological polar surface area (TPSA) is 83.8 Å². The second-order valence-corrected chi connectivity index (χ2v) is 10.1. The van der Waals surface area contributed by atoms with Gasteiger partial charge in [0.25, 0.3) is 0 Å². The molecule has 34 heavy (non-hydrogen) atoms. The molecule has 1 saturated carbocycles. The van der Waals surface area contributed by atoms with Crippen molar-refractivity contribution in [2.45, 2.75) is 50.4 Å². The first-order chi connectivity index (χ1) is 16.5. The number of rotatable bonds is 8. The van der Waals surface area contributed by atoms with E-state index in [-0.39, 0.29) is 11.6 Å². The number of aromatic nitrogens is 2. The quantitative estimate of drug-likeness (QED) is 0.590. The highest BCUT2D eigenvalue weighted by Gasteiger charge is 2.29. The number of piperazine rings is 1. The first-order valence-electron chi connectivity index (χ1n) is 12.7. The number of fused-ring (bicyclic) bond motifs is 1. The molecule has 1 aromatic carbocycles. The third-order valence-electron chi connectivity index (χ3n) is 7.86. The summed E-state index contributed by atoms with van der Waals surface area (Å²) in [6.45, 7) is 7.57. The fourth-order valence-corrected chi connectivity index (χ4v) is 5.53.